The van der Waals surface area contributed by atoms with E-state index in [0.29, 0.717) is 10.8 Å². The van der Waals surface area contributed by atoms with E-state index in [4.69, 9.17) is 19.4 Å². The number of rotatable bonds is 10. The van der Waals surface area contributed by atoms with Crippen LogP contribution in [0.3, 0.4) is 0 Å². The predicted molar refractivity (Wildman–Crippen MR) is 255 cm³/mol. The molecule has 1 saturated carbocycles. The van der Waals surface area contributed by atoms with E-state index in [1.165, 1.54) is 81.8 Å². The van der Waals surface area contributed by atoms with Crippen LogP contribution < -0.4 is 0 Å². The summed E-state index contributed by atoms with van der Waals surface area (Å²) in [5.74, 6) is 5.52. The molecular formula is C50H102Cl2Ru2. The van der Waals surface area contributed by atoms with Crippen molar-refractivity contribution in [3.63, 3.8) is 0 Å². The third-order valence-corrected chi connectivity index (χ3v) is 9.07. The summed E-state index contributed by atoms with van der Waals surface area (Å²) in [6.07, 6.45) is 21.8. The van der Waals surface area contributed by atoms with Crippen LogP contribution >= 0.6 is 19.4 Å². The van der Waals surface area contributed by atoms with E-state index < -0.39 is 0 Å². The average Bonchev–Trinajstić information content (AvgIpc) is 2.90. The smallest absolute Gasteiger partial charge is 2.00 e. The molecule has 0 saturated heterocycles. The Morgan fingerprint density at radius 3 is 1.46 bits per heavy atom. The Balaban J connectivity index is -0.0000000650. The third kappa shape index (κ3) is 57.1. The van der Waals surface area contributed by atoms with Crippen molar-refractivity contribution in [2.75, 3.05) is 0 Å². The molecule has 332 valence electrons. The fourth-order valence-electron chi connectivity index (χ4n) is 6.89. The fourth-order valence-corrected chi connectivity index (χ4v) is 6.89. The van der Waals surface area contributed by atoms with Gasteiger partial charge in [0.1, 0.15) is 0 Å². The van der Waals surface area contributed by atoms with Gasteiger partial charge in [-0.15, -0.1) is 0 Å². The van der Waals surface area contributed by atoms with Crippen molar-refractivity contribution < 1.29 is 34.6 Å². The molecule has 2 aliphatic rings. The second-order valence-electron chi connectivity index (χ2n) is 18.4. The molecule has 0 aliphatic heterocycles. The summed E-state index contributed by atoms with van der Waals surface area (Å²) in [5.41, 5.74) is 6.56. The van der Waals surface area contributed by atoms with Gasteiger partial charge in [-0.05, 0) is 118 Å². The zero-order chi connectivity index (χ0) is 39.4. The Labute approximate surface area is 376 Å². The second kappa shape index (κ2) is 44.9. The van der Waals surface area contributed by atoms with Crippen LogP contribution in [0.1, 0.15) is 202 Å². The van der Waals surface area contributed by atoms with Gasteiger partial charge in [0.05, 0.1) is 0 Å². The van der Waals surface area contributed by atoms with Crippen molar-refractivity contribution in [3.05, 3.63) is 76.8 Å². The number of hydrogen-bond donors (Lipinski definition) is 0. The molecule has 1 fully saturated rings. The van der Waals surface area contributed by atoms with Crippen molar-refractivity contribution in [1.82, 2.24) is 0 Å². The summed E-state index contributed by atoms with van der Waals surface area (Å²) >= 11 is -0.346. The first-order chi connectivity index (χ1) is 22.4. The number of halogens is 2. The number of unbranched alkanes of at least 4 members (excludes halogenated alkanes) is 1. The molecule has 0 nitrogen and oxygen atoms in total. The van der Waals surface area contributed by atoms with E-state index >= 15 is 0 Å². The minimum absolute atomic E-state index is 0. The van der Waals surface area contributed by atoms with Gasteiger partial charge >= 0.3 is 54.0 Å². The van der Waals surface area contributed by atoms with Crippen LogP contribution in [0.25, 0.3) is 0 Å². The van der Waals surface area contributed by atoms with E-state index in [9.17, 15) is 0 Å². The number of hydrogen-bond acceptors (Lipinski definition) is 0. The molecule has 0 aromatic heterocycles. The van der Waals surface area contributed by atoms with Gasteiger partial charge in [0.15, 0.2) is 0 Å². The van der Waals surface area contributed by atoms with Crippen LogP contribution in [0, 0.1) is 76.0 Å². The van der Waals surface area contributed by atoms with E-state index in [-0.39, 0.29) is 64.3 Å². The number of allylic oxidation sites excluding steroid dienone is 7. The molecule has 4 heteroatoms. The maximum Gasteiger partial charge on any atom is 2.00 e. The van der Waals surface area contributed by atoms with Crippen LogP contribution in [0.4, 0.5) is 0 Å². The van der Waals surface area contributed by atoms with Gasteiger partial charge in [-0.3, -0.25) is 0 Å². The van der Waals surface area contributed by atoms with Crippen molar-refractivity contribution in [1.29, 1.82) is 0 Å². The van der Waals surface area contributed by atoms with Crippen LogP contribution in [-0.4, -0.2) is 0 Å². The molecule has 2 unspecified atom stereocenters. The molecule has 0 aromatic carbocycles. The molecule has 0 amide bonds. The second-order valence-corrected chi connectivity index (χ2v) is 21.1. The topological polar surface area (TPSA) is 0 Å². The first-order valence-electron chi connectivity index (χ1n) is 19.9. The molecule has 2 atom stereocenters. The summed E-state index contributed by atoms with van der Waals surface area (Å²) in [6, 6.07) is 0. The summed E-state index contributed by atoms with van der Waals surface area (Å²) in [6.45, 7) is 46.7. The summed E-state index contributed by atoms with van der Waals surface area (Å²) in [4.78, 5) is 0. The van der Waals surface area contributed by atoms with Gasteiger partial charge in [-0.25, -0.2) is 0 Å². The van der Waals surface area contributed by atoms with Crippen molar-refractivity contribution in [2.45, 2.75) is 202 Å². The Kier molecular flexibility index (Phi) is 62.8. The van der Waals surface area contributed by atoms with E-state index in [2.05, 4.69) is 149 Å². The monoisotopic (exact) mass is 977 g/mol. The molecular weight excluding hydrogens is 874 g/mol. The molecule has 0 radical (unpaired) electrons. The average molecular weight is 976 g/mol. The van der Waals surface area contributed by atoms with E-state index in [1.807, 2.05) is 6.92 Å². The van der Waals surface area contributed by atoms with Crippen LogP contribution in [0.5, 0.6) is 0 Å². The fraction of sp³-hybridized carbons (Fsp3) is 0.760. The van der Waals surface area contributed by atoms with Crippen LogP contribution in [0.2, 0.25) is 0 Å². The normalized spacial score (nSPS) is 17.1. The van der Waals surface area contributed by atoms with Crippen LogP contribution in [0.15, 0.2) is 47.1 Å². The Bertz CT molecular complexity index is 855. The minimum atomic E-state index is -0.346. The van der Waals surface area contributed by atoms with Crippen molar-refractivity contribution >= 4 is 19.4 Å². The molecule has 0 bridgehead atoms. The minimum Gasteiger partial charge on any atom is 2.00 e. The Morgan fingerprint density at radius 1 is 0.833 bits per heavy atom. The van der Waals surface area contributed by atoms with E-state index in [0.717, 1.165) is 41.1 Å². The summed E-state index contributed by atoms with van der Waals surface area (Å²) in [7, 11) is 9.71. The van der Waals surface area contributed by atoms with Gasteiger partial charge in [0.2, 0.25) is 0 Å². The molecule has 54 heavy (non-hydrogen) atoms. The molecule has 0 N–H and O–H groups in total. The van der Waals surface area contributed by atoms with E-state index in [1.54, 1.807) is 5.57 Å². The largest absolute Gasteiger partial charge is 2.00 e. The zero-order valence-corrected chi connectivity index (χ0v) is 46.1. The Morgan fingerprint density at radius 2 is 1.24 bits per heavy atom. The van der Waals surface area contributed by atoms with Gasteiger partial charge in [-0.1, -0.05) is 177 Å². The Hall–Kier alpha value is 0.787. The van der Waals surface area contributed by atoms with Crippen LogP contribution in [-0.2, 0) is 34.6 Å². The first kappa shape index (κ1) is 75.6. The SMILES string of the molecule is C=C(C)C=C(C)C.CC(C)CC(C)C.CC(C)CCCCC(C)C.CCC1=C(C)CC(C)(C)C=C1.CCC1CCC(C)(C)CC1C.[CH3-].[CH3-].[CH3-].[CH3-].[Cl][Ru+2][Cl].[Ru+2]. The molecule has 2 rings (SSSR count). The van der Waals surface area contributed by atoms with Gasteiger partial charge in [0.25, 0.3) is 0 Å². The third-order valence-electron chi connectivity index (χ3n) is 9.07. The quantitative estimate of drug-likeness (QED) is 0.0886. The first-order valence-corrected chi connectivity index (χ1v) is 24.4. The van der Waals surface area contributed by atoms with Crippen molar-refractivity contribution in [3.8, 4) is 0 Å². The van der Waals surface area contributed by atoms with Gasteiger partial charge in [0, 0.05) is 0 Å². The molecule has 2 aliphatic carbocycles. The maximum absolute atomic E-state index is 4.85. The maximum atomic E-state index is 4.85. The van der Waals surface area contributed by atoms with Gasteiger partial charge < -0.3 is 29.7 Å². The molecule has 0 spiro atoms. The predicted octanol–water partition coefficient (Wildman–Crippen LogP) is 19.8. The van der Waals surface area contributed by atoms with Crippen molar-refractivity contribution in [2.24, 2.45) is 46.3 Å². The summed E-state index contributed by atoms with van der Waals surface area (Å²) < 4.78 is 0. The zero-order valence-electron chi connectivity index (χ0n) is 41.1. The summed E-state index contributed by atoms with van der Waals surface area (Å²) in [5, 5.41) is 0. The molecule has 0 aromatic rings. The standard InChI is InChI=1S/C11H22.C11H18.C10H22.C7H16.C7H12.4CH3.2ClH.2Ru/c2*1-5-10-6-7-11(3,4)8-9(10)2;1-9(2)7-5-6-8-10(3)4;2*1-6(2)5-7(3)4;;;;;;;;/h9-10H,5-8H2,1-4H3;6-7H,5,8H2,1-4H3;9-10H,5-8H2,1-4H3;6-7H,5H2,1-4H3;5H,1H2,2-4H3;4*1H3;2*1H;;/q;;;;;4*-1;;;+2;+4/p-2. The van der Waals surface area contributed by atoms with Gasteiger partial charge in [-0.2, -0.15) is 0 Å². The molecule has 0 heterocycles.